The van der Waals surface area contributed by atoms with Gasteiger partial charge in [-0.2, -0.15) is 0 Å². The van der Waals surface area contributed by atoms with Crippen LogP contribution in [0.25, 0.3) is 11.0 Å². The first-order valence-corrected chi connectivity index (χ1v) is 8.18. The molecule has 1 aromatic heterocycles. The topological polar surface area (TPSA) is 55.2 Å². The highest BCUT2D eigenvalue weighted by Crippen LogP contribution is 2.29. The summed E-state index contributed by atoms with van der Waals surface area (Å²) in [6.45, 7) is 1.13. The lowest BCUT2D eigenvalue weighted by Crippen LogP contribution is -2.27. The van der Waals surface area contributed by atoms with Crippen LogP contribution < -0.4 is 0 Å². The van der Waals surface area contributed by atoms with Gasteiger partial charge in [-0.15, -0.1) is 0 Å². The Kier molecular flexibility index (Phi) is 2.87. The zero-order chi connectivity index (χ0) is 13.6. The van der Waals surface area contributed by atoms with E-state index in [0.717, 1.165) is 23.3 Å². The molecule has 1 atom stereocenters. The van der Waals surface area contributed by atoms with Gasteiger partial charge < -0.3 is 4.57 Å². The summed E-state index contributed by atoms with van der Waals surface area (Å²) in [7, 11) is -1.10. The lowest BCUT2D eigenvalue weighted by atomic mass is 10.1. The lowest BCUT2D eigenvalue weighted by molar-refractivity contribution is 0.475. The number of nitrogens with zero attached hydrogens (tertiary/aromatic N) is 3. The fraction of sp³-hybridized carbons (Fsp3) is 0.462. The molecule has 0 unspecified atom stereocenters. The van der Waals surface area contributed by atoms with Crippen LogP contribution in [0, 0.1) is 0 Å². The first-order valence-electron chi connectivity index (χ1n) is 6.33. The average molecular weight is 279 g/mol. The molecule has 19 heavy (non-hydrogen) atoms. The van der Waals surface area contributed by atoms with E-state index in [-0.39, 0.29) is 5.92 Å². The fourth-order valence-corrected chi connectivity index (χ4v) is 3.66. The molecule has 0 radical (unpaired) electrons. The van der Waals surface area contributed by atoms with Crippen molar-refractivity contribution in [2.75, 3.05) is 19.3 Å². The van der Waals surface area contributed by atoms with E-state index in [9.17, 15) is 8.42 Å². The highest BCUT2D eigenvalue weighted by molar-refractivity contribution is 7.88. The molecule has 2 heterocycles. The van der Waals surface area contributed by atoms with Gasteiger partial charge in [0.1, 0.15) is 5.82 Å². The van der Waals surface area contributed by atoms with Crippen LogP contribution in [0.3, 0.4) is 0 Å². The zero-order valence-electron chi connectivity index (χ0n) is 11.1. The fourth-order valence-electron chi connectivity index (χ4n) is 2.77. The van der Waals surface area contributed by atoms with Crippen molar-refractivity contribution in [3.8, 4) is 0 Å². The second kappa shape index (κ2) is 4.31. The van der Waals surface area contributed by atoms with Crippen molar-refractivity contribution in [3.05, 3.63) is 30.1 Å². The molecule has 0 N–H and O–H groups in total. The van der Waals surface area contributed by atoms with Crippen molar-refractivity contribution >= 4 is 21.1 Å². The standard InChI is InChI=1S/C13H17N3O2S/c1-15-12-6-4-3-5-11(12)14-13(15)10-7-8-16(9-10)19(2,17)18/h3-6,10H,7-9H2,1-2H3/t10-/m0/s1. The van der Waals surface area contributed by atoms with Crippen LogP contribution >= 0.6 is 0 Å². The van der Waals surface area contributed by atoms with Crippen LogP contribution in [-0.2, 0) is 17.1 Å². The third-order valence-electron chi connectivity index (χ3n) is 3.81. The first-order chi connectivity index (χ1) is 8.97. The van der Waals surface area contributed by atoms with Crippen LogP contribution in [0.5, 0.6) is 0 Å². The predicted molar refractivity (Wildman–Crippen MR) is 74.5 cm³/mol. The van der Waals surface area contributed by atoms with Gasteiger partial charge in [0.2, 0.25) is 10.0 Å². The normalized spacial score (nSPS) is 21.3. The summed E-state index contributed by atoms with van der Waals surface area (Å²) < 4.78 is 26.7. The molecule has 102 valence electrons. The van der Waals surface area contributed by atoms with E-state index in [1.165, 1.54) is 10.6 Å². The molecule has 0 amide bonds. The van der Waals surface area contributed by atoms with Crippen molar-refractivity contribution in [2.24, 2.45) is 7.05 Å². The lowest BCUT2D eigenvalue weighted by Gasteiger charge is -2.13. The van der Waals surface area contributed by atoms with Gasteiger partial charge in [0.25, 0.3) is 0 Å². The minimum absolute atomic E-state index is 0.187. The molecule has 0 bridgehead atoms. The Balaban J connectivity index is 1.96. The van der Waals surface area contributed by atoms with Gasteiger partial charge >= 0.3 is 0 Å². The smallest absolute Gasteiger partial charge is 0.211 e. The Labute approximate surface area is 112 Å². The Bertz CT molecular complexity index is 721. The van der Waals surface area contributed by atoms with Gasteiger partial charge in [-0.3, -0.25) is 0 Å². The molecule has 6 heteroatoms. The molecule has 0 aliphatic carbocycles. The maximum Gasteiger partial charge on any atom is 0.211 e. The third kappa shape index (κ3) is 2.15. The molecule has 3 rings (SSSR count). The summed E-state index contributed by atoms with van der Waals surface area (Å²) >= 11 is 0. The molecule has 2 aromatic rings. The predicted octanol–water partition coefficient (Wildman–Crippen LogP) is 1.32. The number of hydrogen-bond acceptors (Lipinski definition) is 3. The molecule has 0 spiro atoms. The molecular weight excluding hydrogens is 262 g/mol. The van der Waals surface area contributed by atoms with Crippen molar-refractivity contribution < 1.29 is 8.42 Å². The zero-order valence-corrected chi connectivity index (χ0v) is 11.9. The van der Waals surface area contributed by atoms with E-state index in [2.05, 4.69) is 9.55 Å². The van der Waals surface area contributed by atoms with E-state index in [0.29, 0.717) is 13.1 Å². The quantitative estimate of drug-likeness (QED) is 0.833. The van der Waals surface area contributed by atoms with Crippen LogP contribution in [0.4, 0.5) is 0 Å². The molecule has 1 aromatic carbocycles. The second-order valence-corrected chi connectivity index (χ2v) is 7.11. The van der Waals surface area contributed by atoms with Gasteiger partial charge in [-0.05, 0) is 18.6 Å². The van der Waals surface area contributed by atoms with Gasteiger partial charge in [0, 0.05) is 26.1 Å². The van der Waals surface area contributed by atoms with Crippen LogP contribution in [0.15, 0.2) is 24.3 Å². The van der Waals surface area contributed by atoms with Crippen molar-refractivity contribution in [1.82, 2.24) is 13.9 Å². The molecule has 0 saturated carbocycles. The van der Waals surface area contributed by atoms with Gasteiger partial charge in [-0.25, -0.2) is 17.7 Å². The molecule has 1 fully saturated rings. The van der Waals surface area contributed by atoms with Crippen LogP contribution in [0.2, 0.25) is 0 Å². The summed E-state index contributed by atoms with van der Waals surface area (Å²) in [5, 5.41) is 0. The maximum absolute atomic E-state index is 11.6. The van der Waals surface area contributed by atoms with E-state index >= 15 is 0 Å². The van der Waals surface area contributed by atoms with Crippen molar-refractivity contribution in [1.29, 1.82) is 0 Å². The van der Waals surface area contributed by atoms with Crippen LogP contribution in [0.1, 0.15) is 18.2 Å². The van der Waals surface area contributed by atoms with Gasteiger partial charge in [0.05, 0.1) is 17.3 Å². The Morgan fingerprint density at radius 2 is 2.05 bits per heavy atom. The summed E-state index contributed by atoms with van der Waals surface area (Å²) in [5.41, 5.74) is 2.06. The SMILES string of the molecule is Cn1c([C@H]2CCN(S(C)(=O)=O)C2)nc2ccccc21. The van der Waals surface area contributed by atoms with Gasteiger partial charge in [0.15, 0.2) is 0 Å². The number of sulfonamides is 1. The molecule has 1 aliphatic rings. The van der Waals surface area contributed by atoms with Gasteiger partial charge in [-0.1, -0.05) is 12.1 Å². The maximum atomic E-state index is 11.6. The number of fused-ring (bicyclic) bond motifs is 1. The Morgan fingerprint density at radius 3 is 2.68 bits per heavy atom. The van der Waals surface area contributed by atoms with Crippen LogP contribution in [-0.4, -0.2) is 41.6 Å². The molecular formula is C13H17N3O2S. The van der Waals surface area contributed by atoms with E-state index in [4.69, 9.17) is 0 Å². The molecule has 1 aliphatic heterocycles. The Hall–Kier alpha value is -1.40. The number of rotatable bonds is 2. The first kappa shape index (κ1) is 12.6. The van der Waals surface area contributed by atoms with E-state index in [1.54, 1.807) is 0 Å². The number of para-hydroxylation sites is 2. The summed E-state index contributed by atoms with van der Waals surface area (Å²) in [6, 6.07) is 7.99. The average Bonchev–Trinajstić information content (AvgIpc) is 2.94. The number of benzene rings is 1. The monoisotopic (exact) mass is 279 g/mol. The highest BCUT2D eigenvalue weighted by Gasteiger charge is 2.32. The third-order valence-corrected chi connectivity index (χ3v) is 5.08. The largest absolute Gasteiger partial charge is 0.331 e. The van der Waals surface area contributed by atoms with Crippen molar-refractivity contribution in [2.45, 2.75) is 12.3 Å². The van der Waals surface area contributed by atoms with E-state index in [1.807, 2.05) is 31.3 Å². The minimum Gasteiger partial charge on any atom is -0.331 e. The summed E-state index contributed by atoms with van der Waals surface area (Å²) in [5.74, 6) is 1.17. The number of aryl methyl sites for hydroxylation is 1. The minimum atomic E-state index is -3.09. The Morgan fingerprint density at radius 1 is 1.32 bits per heavy atom. The molecule has 5 nitrogen and oxygen atoms in total. The van der Waals surface area contributed by atoms with E-state index < -0.39 is 10.0 Å². The number of hydrogen-bond donors (Lipinski definition) is 0. The number of imidazole rings is 1. The highest BCUT2D eigenvalue weighted by atomic mass is 32.2. The molecule has 1 saturated heterocycles. The second-order valence-electron chi connectivity index (χ2n) is 5.12. The summed E-state index contributed by atoms with van der Waals surface area (Å²) in [4.78, 5) is 4.65. The number of aromatic nitrogens is 2. The summed E-state index contributed by atoms with van der Waals surface area (Å²) in [6.07, 6.45) is 2.11. The van der Waals surface area contributed by atoms with Crippen molar-refractivity contribution in [3.63, 3.8) is 0 Å².